The highest BCUT2D eigenvalue weighted by atomic mass is 32.1. The number of carbonyl (C=O) groups is 2. The number of Topliss-reactive ketones (excluding diaryl/α,β-unsaturated/α-hetero) is 1. The molecule has 0 bridgehead atoms. The zero-order chi connectivity index (χ0) is 18.8. The van der Waals surface area contributed by atoms with Crippen molar-refractivity contribution in [2.75, 3.05) is 12.0 Å². The Kier molecular flexibility index (Phi) is 5.13. The number of hydrogen-bond acceptors (Lipinski definition) is 5. The molecule has 136 valence electrons. The fourth-order valence-electron chi connectivity index (χ4n) is 3.16. The van der Waals surface area contributed by atoms with Crippen LogP contribution < -0.4 is 9.64 Å². The monoisotopic (exact) mass is 371 g/mol. The summed E-state index contributed by atoms with van der Waals surface area (Å²) in [5.41, 5.74) is 0.689. The first-order valence-electron chi connectivity index (χ1n) is 8.42. The summed E-state index contributed by atoms with van der Waals surface area (Å²) >= 11 is 1.44. The van der Waals surface area contributed by atoms with Crippen LogP contribution in [0.1, 0.15) is 31.2 Å². The Labute approximate surface area is 156 Å². The average Bonchev–Trinajstić information content (AvgIpc) is 3.22. The van der Waals surface area contributed by atoms with Gasteiger partial charge in [-0.2, -0.15) is 0 Å². The van der Waals surface area contributed by atoms with E-state index in [1.165, 1.54) is 23.3 Å². The fourth-order valence-corrected chi connectivity index (χ4v) is 3.99. The topological polar surface area (TPSA) is 66.8 Å². The van der Waals surface area contributed by atoms with E-state index in [1.807, 2.05) is 31.4 Å². The molecular weight excluding hydrogens is 350 g/mol. The molecular formula is C20H21NO4S. The average molecular weight is 371 g/mol. The lowest BCUT2D eigenvalue weighted by molar-refractivity contribution is -0.118. The standard InChI is InChI=1S/C20H21NO4S/c1-12(2)11-14(22)17-18(16-9-6-10-26-16)21(20(24)19(17)23)13-7-4-5-8-15(13)25-3/h4-10,12,18,23H,11H2,1-3H3. The van der Waals surface area contributed by atoms with E-state index in [1.54, 1.807) is 24.3 Å². The molecule has 1 aliphatic rings. The molecule has 0 saturated carbocycles. The van der Waals surface area contributed by atoms with Crippen LogP contribution in [0.15, 0.2) is 53.1 Å². The maximum atomic E-state index is 12.9. The van der Waals surface area contributed by atoms with Crippen molar-refractivity contribution >= 4 is 28.7 Å². The molecule has 0 saturated heterocycles. The number of aliphatic hydroxyl groups is 1. The van der Waals surface area contributed by atoms with Gasteiger partial charge in [-0.1, -0.05) is 32.0 Å². The second-order valence-corrected chi connectivity index (χ2v) is 7.53. The summed E-state index contributed by atoms with van der Waals surface area (Å²) in [5, 5.41) is 12.4. The van der Waals surface area contributed by atoms with Gasteiger partial charge in [0.1, 0.15) is 11.8 Å². The molecule has 0 radical (unpaired) electrons. The molecule has 0 fully saturated rings. The van der Waals surface area contributed by atoms with Gasteiger partial charge in [0, 0.05) is 11.3 Å². The van der Waals surface area contributed by atoms with E-state index < -0.39 is 17.7 Å². The van der Waals surface area contributed by atoms with Crippen LogP contribution in [0, 0.1) is 5.92 Å². The number of nitrogens with zero attached hydrogens (tertiary/aromatic N) is 1. The Balaban J connectivity index is 2.14. The summed E-state index contributed by atoms with van der Waals surface area (Å²) in [4.78, 5) is 28.0. The van der Waals surface area contributed by atoms with Crippen molar-refractivity contribution in [1.29, 1.82) is 0 Å². The first-order chi connectivity index (χ1) is 12.5. The van der Waals surface area contributed by atoms with Crippen LogP contribution in [0.2, 0.25) is 0 Å². The Bertz CT molecular complexity index is 854. The van der Waals surface area contributed by atoms with Crippen molar-refractivity contribution in [2.24, 2.45) is 5.92 Å². The van der Waals surface area contributed by atoms with E-state index in [0.29, 0.717) is 11.4 Å². The number of ketones is 1. The van der Waals surface area contributed by atoms with Crippen LogP contribution in [-0.2, 0) is 9.59 Å². The molecule has 2 heterocycles. The smallest absolute Gasteiger partial charge is 0.294 e. The van der Waals surface area contributed by atoms with Gasteiger partial charge in [0.05, 0.1) is 18.4 Å². The number of anilines is 1. The van der Waals surface area contributed by atoms with Crippen LogP contribution in [0.3, 0.4) is 0 Å². The minimum Gasteiger partial charge on any atom is -0.503 e. The third kappa shape index (κ3) is 3.12. The second-order valence-electron chi connectivity index (χ2n) is 6.55. The van der Waals surface area contributed by atoms with Gasteiger partial charge >= 0.3 is 0 Å². The predicted octanol–water partition coefficient (Wildman–Crippen LogP) is 4.27. The van der Waals surface area contributed by atoms with E-state index in [9.17, 15) is 14.7 Å². The highest BCUT2D eigenvalue weighted by molar-refractivity contribution is 7.10. The number of para-hydroxylation sites is 2. The number of aliphatic hydroxyl groups excluding tert-OH is 1. The van der Waals surface area contributed by atoms with Crippen LogP contribution >= 0.6 is 11.3 Å². The molecule has 1 unspecified atom stereocenters. The SMILES string of the molecule is COc1ccccc1N1C(=O)C(O)=C(C(=O)CC(C)C)C1c1cccs1. The zero-order valence-electron chi connectivity index (χ0n) is 14.9. The summed E-state index contributed by atoms with van der Waals surface area (Å²) < 4.78 is 5.39. The van der Waals surface area contributed by atoms with Gasteiger partial charge < -0.3 is 9.84 Å². The number of amides is 1. The van der Waals surface area contributed by atoms with Crippen molar-refractivity contribution in [1.82, 2.24) is 0 Å². The van der Waals surface area contributed by atoms with Gasteiger partial charge in [0.2, 0.25) is 0 Å². The minimum atomic E-state index is -0.648. The fraction of sp³-hybridized carbons (Fsp3) is 0.300. The molecule has 0 aliphatic carbocycles. The van der Waals surface area contributed by atoms with Gasteiger partial charge in [0.25, 0.3) is 5.91 Å². The molecule has 1 N–H and O–H groups in total. The molecule has 1 aliphatic heterocycles. The summed E-state index contributed by atoms with van der Waals surface area (Å²) in [6.07, 6.45) is 0.272. The van der Waals surface area contributed by atoms with Gasteiger partial charge in [0.15, 0.2) is 11.5 Å². The summed E-state index contributed by atoms with van der Waals surface area (Å²) in [6.45, 7) is 3.87. The quantitative estimate of drug-likeness (QED) is 0.823. The second kappa shape index (κ2) is 7.33. The molecule has 0 spiro atoms. The van der Waals surface area contributed by atoms with Crippen LogP contribution in [-0.4, -0.2) is 23.9 Å². The molecule has 26 heavy (non-hydrogen) atoms. The molecule has 1 amide bonds. The predicted molar refractivity (Wildman–Crippen MR) is 102 cm³/mol. The highest BCUT2D eigenvalue weighted by Crippen LogP contribution is 2.45. The Morgan fingerprint density at radius 1 is 1.27 bits per heavy atom. The minimum absolute atomic E-state index is 0.127. The highest BCUT2D eigenvalue weighted by Gasteiger charge is 2.45. The number of rotatable bonds is 6. The number of carbonyl (C=O) groups excluding carboxylic acids is 2. The lowest BCUT2D eigenvalue weighted by atomic mass is 9.95. The zero-order valence-corrected chi connectivity index (χ0v) is 15.7. The van der Waals surface area contributed by atoms with E-state index >= 15 is 0 Å². The number of methoxy groups -OCH3 is 1. The molecule has 1 atom stereocenters. The molecule has 6 heteroatoms. The van der Waals surface area contributed by atoms with Gasteiger partial charge in [-0.25, -0.2) is 0 Å². The lowest BCUT2D eigenvalue weighted by Gasteiger charge is -2.27. The normalized spacial score (nSPS) is 17.3. The Hall–Kier alpha value is -2.60. The molecule has 2 aromatic rings. The molecule has 1 aromatic carbocycles. The number of ether oxygens (including phenoxy) is 1. The van der Waals surface area contributed by atoms with E-state index in [2.05, 4.69) is 0 Å². The lowest BCUT2D eigenvalue weighted by Crippen LogP contribution is -2.31. The maximum absolute atomic E-state index is 12.9. The Morgan fingerprint density at radius 2 is 2.00 bits per heavy atom. The third-order valence-electron chi connectivity index (χ3n) is 4.26. The van der Waals surface area contributed by atoms with Gasteiger partial charge in [-0.15, -0.1) is 11.3 Å². The Morgan fingerprint density at radius 3 is 2.62 bits per heavy atom. The number of benzene rings is 1. The largest absolute Gasteiger partial charge is 0.503 e. The number of hydrogen-bond donors (Lipinski definition) is 1. The van der Waals surface area contributed by atoms with Crippen molar-refractivity contribution in [2.45, 2.75) is 26.3 Å². The molecule has 1 aromatic heterocycles. The molecule has 3 rings (SSSR count). The summed E-state index contributed by atoms with van der Waals surface area (Å²) in [6, 6.07) is 10.2. The third-order valence-corrected chi connectivity index (χ3v) is 5.18. The van der Waals surface area contributed by atoms with Crippen LogP contribution in [0.25, 0.3) is 0 Å². The first kappa shape index (κ1) is 18.2. The van der Waals surface area contributed by atoms with Crippen LogP contribution in [0.5, 0.6) is 5.75 Å². The van der Waals surface area contributed by atoms with Crippen LogP contribution in [0.4, 0.5) is 5.69 Å². The van der Waals surface area contributed by atoms with Gasteiger partial charge in [-0.05, 0) is 29.5 Å². The molecule has 5 nitrogen and oxygen atoms in total. The van der Waals surface area contributed by atoms with Crippen molar-refractivity contribution < 1.29 is 19.4 Å². The van der Waals surface area contributed by atoms with Crippen molar-refractivity contribution in [3.05, 3.63) is 58.0 Å². The van der Waals surface area contributed by atoms with E-state index in [-0.39, 0.29) is 23.7 Å². The van der Waals surface area contributed by atoms with Crippen molar-refractivity contribution in [3.8, 4) is 5.75 Å². The van der Waals surface area contributed by atoms with E-state index in [0.717, 1.165) is 4.88 Å². The summed E-state index contributed by atoms with van der Waals surface area (Å²) in [5.74, 6) is -0.628. The number of thiophene rings is 1. The van der Waals surface area contributed by atoms with Gasteiger partial charge in [-0.3, -0.25) is 14.5 Å². The first-order valence-corrected chi connectivity index (χ1v) is 9.30. The maximum Gasteiger partial charge on any atom is 0.294 e. The van der Waals surface area contributed by atoms with Crippen molar-refractivity contribution in [3.63, 3.8) is 0 Å². The summed E-state index contributed by atoms with van der Waals surface area (Å²) in [7, 11) is 1.53. The van der Waals surface area contributed by atoms with E-state index in [4.69, 9.17) is 4.74 Å².